The predicted octanol–water partition coefficient (Wildman–Crippen LogP) is 2.14. The van der Waals surface area contributed by atoms with Crippen LogP contribution in [0, 0.1) is 17.0 Å². The molecule has 1 aromatic carbocycles. The second kappa shape index (κ2) is 5.96. The highest BCUT2D eigenvalue weighted by atomic mass is 35.5. The molecule has 100 valence electrons. The standard InChI is InChI=1S/C11H9ClN2O5/c1-6-4-9(14(18)19)7(12)5-8(6)13-10(15)2-3-11(16)17/h2-5H,1H3,(H,13,15)(H,16,17)/b3-2+. The molecule has 0 aliphatic rings. The Hall–Kier alpha value is -2.41. The number of anilines is 1. The maximum absolute atomic E-state index is 11.4. The molecule has 7 nitrogen and oxygen atoms in total. The molecule has 2 N–H and O–H groups in total. The van der Waals surface area contributed by atoms with Crippen LogP contribution >= 0.6 is 11.6 Å². The molecule has 0 aromatic heterocycles. The molecule has 0 spiro atoms. The van der Waals surface area contributed by atoms with E-state index in [-0.39, 0.29) is 16.4 Å². The zero-order valence-corrected chi connectivity index (χ0v) is 10.5. The SMILES string of the molecule is Cc1cc([N+](=O)[O-])c(Cl)cc1NC(=O)/C=C/C(=O)O. The summed E-state index contributed by atoms with van der Waals surface area (Å²) in [5, 5.41) is 21.3. The Morgan fingerprint density at radius 2 is 2.05 bits per heavy atom. The van der Waals surface area contributed by atoms with E-state index >= 15 is 0 Å². The summed E-state index contributed by atoms with van der Waals surface area (Å²) >= 11 is 5.70. The number of carbonyl (C=O) groups is 2. The Balaban J connectivity index is 2.97. The first kappa shape index (κ1) is 14.7. The molecule has 0 fully saturated rings. The normalized spacial score (nSPS) is 10.4. The third-order valence-electron chi connectivity index (χ3n) is 2.13. The number of rotatable bonds is 4. The van der Waals surface area contributed by atoms with E-state index in [9.17, 15) is 19.7 Å². The van der Waals surface area contributed by atoms with Crippen LogP contribution in [-0.2, 0) is 9.59 Å². The van der Waals surface area contributed by atoms with Gasteiger partial charge in [0.25, 0.3) is 5.69 Å². The molecule has 0 saturated carbocycles. The van der Waals surface area contributed by atoms with Gasteiger partial charge in [-0.25, -0.2) is 4.79 Å². The molecule has 0 aliphatic heterocycles. The van der Waals surface area contributed by atoms with Crippen LogP contribution in [0.2, 0.25) is 5.02 Å². The number of carboxylic acid groups (broad SMARTS) is 1. The summed E-state index contributed by atoms with van der Waals surface area (Å²) in [6.07, 6.45) is 1.51. The van der Waals surface area contributed by atoms with E-state index < -0.39 is 16.8 Å². The number of nitro groups is 1. The summed E-state index contributed by atoms with van der Waals surface area (Å²) in [4.78, 5) is 31.6. The molecule has 0 aliphatic carbocycles. The van der Waals surface area contributed by atoms with E-state index in [1.54, 1.807) is 6.92 Å². The van der Waals surface area contributed by atoms with Crippen LogP contribution in [0.3, 0.4) is 0 Å². The molecule has 0 atom stereocenters. The third-order valence-corrected chi connectivity index (χ3v) is 2.43. The zero-order valence-electron chi connectivity index (χ0n) is 9.71. The number of hydrogen-bond acceptors (Lipinski definition) is 4. The van der Waals surface area contributed by atoms with Crippen molar-refractivity contribution in [1.29, 1.82) is 0 Å². The number of halogens is 1. The lowest BCUT2D eigenvalue weighted by Gasteiger charge is -2.07. The maximum atomic E-state index is 11.4. The number of carboxylic acids is 1. The summed E-state index contributed by atoms with van der Waals surface area (Å²) in [5.41, 5.74) is 0.446. The number of amides is 1. The Morgan fingerprint density at radius 1 is 1.42 bits per heavy atom. The van der Waals surface area contributed by atoms with E-state index in [1.165, 1.54) is 12.1 Å². The van der Waals surface area contributed by atoms with Crippen molar-refractivity contribution >= 4 is 34.9 Å². The smallest absolute Gasteiger partial charge is 0.328 e. The molecule has 0 unspecified atom stereocenters. The summed E-state index contributed by atoms with van der Waals surface area (Å²) in [6, 6.07) is 2.46. The van der Waals surface area contributed by atoms with Gasteiger partial charge in [-0.05, 0) is 18.6 Å². The average Bonchev–Trinajstić information content (AvgIpc) is 2.30. The van der Waals surface area contributed by atoms with Crippen LogP contribution in [0.25, 0.3) is 0 Å². The van der Waals surface area contributed by atoms with Crippen molar-refractivity contribution in [3.05, 3.63) is 45.0 Å². The van der Waals surface area contributed by atoms with Gasteiger partial charge in [0.05, 0.1) is 4.92 Å². The van der Waals surface area contributed by atoms with Gasteiger partial charge in [-0.1, -0.05) is 11.6 Å². The number of nitrogens with zero attached hydrogens (tertiary/aromatic N) is 1. The van der Waals surface area contributed by atoms with Crippen LogP contribution in [-0.4, -0.2) is 21.9 Å². The molecule has 1 rings (SSSR count). The second-order valence-corrected chi connectivity index (χ2v) is 3.94. The summed E-state index contributed by atoms with van der Waals surface area (Å²) in [5.74, 6) is -1.93. The van der Waals surface area contributed by atoms with Gasteiger partial charge in [0.1, 0.15) is 5.02 Å². The average molecular weight is 285 g/mol. The Kier molecular flexibility index (Phi) is 4.60. The van der Waals surface area contributed by atoms with E-state index in [0.29, 0.717) is 11.6 Å². The first-order valence-electron chi connectivity index (χ1n) is 4.97. The van der Waals surface area contributed by atoms with E-state index in [4.69, 9.17) is 16.7 Å². The van der Waals surface area contributed by atoms with Gasteiger partial charge in [-0.15, -0.1) is 0 Å². The minimum atomic E-state index is -1.26. The van der Waals surface area contributed by atoms with Crippen molar-refractivity contribution in [3.8, 4) is 0 Å². The Bertz CT molecular complexity index is 583. The van der Waals surface area contributed by atoms with E-state index in [0.717, 1.165) is 6.08 Å². The number of nitro benzene ring substituents is 1. The Labute approximate surface area is 112 Å². The van der Waals surface area contributed by atoms with Crippen molar-refractivity contribution in [2.24, 2.45) is 0 Å². The minimum Gasteiger partial charge on any atom is -0.478 e. The third kappa shape index (κ3) is 4.07. The van der Waals surface area contributed by atoms with Gasteiger partial charge < -0.3 is 10.4 Å². The van der Waals surface area contributed by atoms with E-state index in [2.05, 4.69) is 5.32 Å². The van der Waals surface area contributed by atoms with Crippen molar-refractivity contribution in [2.75, 3.05) is 5.32 Å². The molecule has 0 heterocycles. The molecular formula is C11H9ClN2O5. The quantitative estimate of drug-likeness (QED) is 0.500. The van der Waals surface area contributed by atoms with Crippen LogP contribution in [0.4, 0.5) is 11.4 Å². The first-order valence-corrected chi connectivity index (χ1v) is 5.35. The largest absolute Gasteiger partial charge is 0.478 e. The molecule has 0 saturated heterocycles. The van der Waals surface area contributed by atoms with Crippen molar-refractivity contribution in [2.45, 2.75) is 6.92 Å². The molecule has 1 aromatic rings. The molecular weight excluding hydrogens is 276 g/mol. The summed E-state index contributed by atoms with van der Waals surface area (Å²) < 4.78 is 0. The van der Waals surface area contributed by atoms with Gasteiger partial charge in [0.2, 0.25) is 5.91 Å². The van der Waals surface area contributed by atoms with Gasteiger partial charge in [-0.2, -0.15) is 0 Å². The fourth-order valence-electron chi connectivity index (χ4n) is 1.26. The topological polar surface area (TPSA) is 110 Å². The molecule has 0 bridgehead atoms. The van der Waals surface area contributed by atoms with Crippen LogP contribution in [0.1, 0.15) is 5.56 Å². The number of benzene rings is 1. The molecule has 19 heavy (non-hydrogen) atoms. The highest BCUT2D eigenvalue weighted by molar-refractivity contribution is 6.33. The fourth-order valence-corrected chi connectivity index (χ4v) is 1.49. The molecule has 0 radical (unpaired) electrons. The molecule has 1 amide bonds. The first-order chi connectivity index (χ1) is 8.81. The lowest BCUT2D eigenvalue weighted by Crippen LogP contribution is -2.10. The van der Waals surface area contributed by atoms with Crippen molar-refractivity contribution < 1.29 is 19.6 Å². The lowest BCUT2D eigenvalue weighted by atomic mass is 10.1. The second-order valence-electron chi connectivity index (χ2n) is 3.54. The predicted molar refractivity (Wildman–Crippen MR) is 68.2 cm³/mol. The Morgan fingerprint density at radius 3 is 2.58 bits per heavy atom. The summed E-state index contributed by atoms with van der Waals surface area (Å²) in [6.45, 7) is 1.56. The maximum Gasteiger partial charge on any atom is 0.328 e. The number of hydrogen-bond donors (Lipinski definition) is 2. The van der Waals surface area contributed by atoms with Crippen LogP contribution < -0.4 is 5.32 Å². The van der Waals surface area contributed by atoms with Gasteiger partial charge in [0, 0.05) is 23.9 Å². The number of carbonyl (C=O) groups excluding carboxylic acids is 1. The highest BCUT2D eigenvalue weighted by Crippen LogP contribution is 2.30. The fraction of sp³-hybridized carbons (Fsp3) is 0.0909. The number of aryl methyl sites for hydroxylation is 1. The van der Waals surface area contributed by atoms with E-state index in [1.807, 2.05) is 0 Å². The number of aliphatic carboxylic acids is 1. The minimum absolute atomic E-state index is 0.117. The van der Waals surface area contributed by atoms with Gasteiger partial charge in [-0.3, -0.25) is 14.9 Å². The van der Waals surface area contributed by atoms with Crippen molar-refractivity contribution in [1.82, 2.24) is 0 Å². The zero-order chi connectivity index (χ0) is 14.6. The van der Waals surface area contributed by atoms with Crippen LogP contribution in [0.5, 0.6) is 0 Å². The highest BCUT2D eigenvalue weighted by Gasteiger charge is 2.15. The van der Waals surface area contributed by atoms with Crippen molar-refractivity contribution in [3.63, 3.8) is 0 Å². The van der Waals surface area contributed by atoms with Gasteiger partial charge in [0.15, 0.2) is 0 Å². The molecule has 8 heteroatoms. The van der Waals surface area contributed by atoms with Crippen LogP contribution in [0.15, 0.2) is 24.3 Å². The van der Waals surface area contributed by atoms with Gasteiger partial charge >= 0.3 is 5.97 Å². The summed E-state index contributed by atoms with van der Waals surface area (Å²) in [7, 11) is 0. The number of nitrogens with one attached hydrogen (secondary N) is 1. The monoisotopic (exact) mass is 284 g/mol. The lowest BCUT2D eigenvalue weighted by molar-refractivity contribution is -0.384.